The number of halogens is 2. The molecule has 0 unspecified atom stereocenters. The molecular weight excluding hydrogens is 240 g/mol. The number of aromatic nitrogens is 1. The molecule has 2 rings (SSSR count). The summed E-state index contributed by atoms with van der Waals surface area (Å²) in [6, 6.07) is 7.95. The summed E-state index contributed by atoms with van der Waals surface area (Å²) in [5.41, 5.74) is -0.352. The first-order chi connectivity index (χ1) is 8.63. The third-order valence-electron chi connectivity index (χ3n) is 2.36. The van der Waals surface area contributed by atoms with E-state index in [0.29, 0.717) is 0 Å². The summed E-state index contributed by atoms with van der Waals surface area (Å²) in [7, 11) is 1.40. The quantitative estimate of drug-likeness (QED) is 0.785. The lowest BCUT2D eigenvalue weighted by Crippen LogP contribution is -2.08. The molecule has 2 aromatic rings. The molecule has 0 spiro atoms. The second-order valence-electron chi connectivity index (χ2n) is 3.50. The Bertz CT molecular complexity index is 599. The van der Waals surface area contributed by atoms with Crippen molar-refractivity contribution in [3.63, 3.8) is 0 Å². The van der Waals surface area contributed by atoms with Gasteiger partial charge >= 0.3 is 0 Å². The van der Waals surface area contributed by atoms with Gasteiger partial charge < -0.3 is 4.74 Å². The Kier molecular flexibility index (Phi) is 3.32. The number of nitrogens with zero attached hydrogens (tertiary/aromatic N) is 1. The van der Waals surface area contributed by atoms with Crippen LogP contribution in [0.25, 0.3) is 0 Å². The molecule has 0 atom stereocenters. The van der Waals surface area contributed by atoms with E-state index < -0.39 is 17.4 Å². The number of rotatable bonds is 3. The van der Waals surface area contributed by atoms with Crippen LogP contribution in [0, 0.1) is 11.6 Å². The van der Waals surface area contributed by atoms with Crippen molar-refractivity contribution in [1.82, 2.24) is 4.98 Å². The maximum atomic E-state index is 13.5. The van der Waals surface area contributed by atoms with Gasteiger partial charge in [0.15, 0.2) is 11.6 Å². The molecule has 0 saturated heterocycles. The Balaban J connectivity index is 2.44. The summed E-state index contributed by atoms with van der Waals surface area (Å²) >= 11 is 0. The maximum absolute atomic E-state index is 13.5. The van der Waals surface area contributed by atoms with Gasteiger partial charge in [-0.2, -0.15) is 0 Å². The lowest BCUT2D eigenvalue weighted by molar-refractivity contribution is 0.102. The zero-order chi connectivity index (χ0) is 13.1. The molecule has 5 heteroatoms. The third-order valence-corrected chi connectivity index (χ3v) is 2.36. The van der Waals surface area contributed by atoms with Crippen LogP contribution >= 0.6 is 0 Å². The van der Waals surface area contributed by atoms with Crippen LogP contribution in [0.2, 0.25) is 0 Å². The number of carbonyl (C=O) groups excluding carboxylic acids is 1. The van der Waals surface area contributed by atoms with Gasteiger partial charge in [-0.05, 0) is 18.2 Å². The van der Waals surface area contributed by atoms with Crippen LogP contribution in [0.3, 0.4) is 0 Å². The van der Waals surface area contributed by atoms with E-state index in [1.54, 1.807) is 12.1 Å². The molecule has 0 radical (unpaired) electrons. The number of hydrogen-bond acceptors (Lipinski definition) is 3. The Morgan fingerprint density at radius 2 is 1.89 bits per heavy atom. The molecule has 0 aliphatic rings. The van der Waals surface area contributed by atoms with E-state index >= 15 is 0 Å². The van der Waals surface area contributed by atoms with Crippen molar-refractivity contribution >= 4 is 5.78 Å². The summed E-state index contributed by atoms with van der Waals surface area (Å²) < 4.78 is 31.4. The molecule has 0 aliphatic carbocycles. The van der Waals surface area contributed by atoms with Crippen molar-refractivity contribution in [3.8, 4) is 5.88 Å². The minimum absolute atomic E-state index is 0.00106. The largest absolute Gasteiger partial charge is 0.481 e. The van der Waals surface area contributed by atoms with E-state index in [-0.39, 0.29) is 17.1 Å². The average Bonchev–Trinajstić information content (AvgIpc) is 2.41. The first-order valence-electron chi connectivity index (χ1n) is 5.13. The average molecular weight is 249 g/mol. The Morgan fingerprint density at radius 3 is 2.61 bits per heavy atom. The van der Waals surface area contributed by atoms with E-state index in [9.17, 15) is 13.6 Å². The highest BCUT2D eigenvalue weighted by molar-refractivity contribution is 6.07. The molecule has 1 heterocycles. The van der Waals surface area contributed by atoms with Crippen molar-refractivity contribution < 1.29 is 18.3 Å². The Morgan fingerprint density at radius 1 is 1.17 bits per heavy atom. The smallest absolute Gasteiger partial charge is 0.214 e. The summed E-state index contributed by atoms with van der Waals surface area (Å²) in [5.74, 6) is -2.69. The molecule has 0 bridgehead atoms. The molecule has 0 saturated carbocycles. The minimum Gasteiger partial charge on any atom is -0.481 e. The predicted octanol–water partition coefficient (Wildman–Crippen LogP) is 2.60. The monoisotopic (exact) mass is 249 g/mol. The number of ether oxygens (including phenoxy) is 1. The molecule has 0 aliphatic heterocycles. The number of benzene rings is 1. The maximum Gasteiger partial charge on any atom is 0.214 e. The molecule has 92 valence electrons. The van der Waals surface area contributed by atoms with Crippen molar-refractivity contribution in [2.24, 2.45) is 0 Å². The first kappa shape index (κ1) is 12.2. The molecule has 1 aromatic heterocycles. The number of methoxy groups -OCH3 is 1. The Labute approximate surface area is 102 Å². The number of ketones is 1. The van der Waals surface area contributed by atoms with E-state index in [2.05, 4.69) is 4.98 Å². The van der Waals surface area contributed by atoms with Gasteiger partial charge in [0, 0.05) is 6.07 Å². The van der Waals surface area contributed by atoms with Crippen molar-refractivity contribution in [3.05, 3.63) is 59.3 Å². The van der Waals surface area contributed by atoms with Crippen LogP contribution in [0.1, 0.15) is 16.1 Å². The van der Waals surface area contributed by atoms with Crippen LogP contribution in [-0.4, -0.2) is 17.9 Å². The van der Waals surface area contributed by atoms with E-state index in [4.69, 9.17) is 4.74 Å². The lowest BCUT2D eigenvalue weighted by Gasteiger charge is -2.04. The molecule has 3 nitrogen and oxygen atoms in total. The third kappa shape index (κ3) is 2.20. The molecule has 0 amide bonds. The SMILES string of the molecule is COc1cccc(C(=O)c2cccc(F)c2F)n1. The van der Waals surface area contributed by atoms with Crippen molar-refractivity contribution in [1.29, 1.82) is 0 Å². The molecular formula is C13H9F2NO2. The number of pyridine rings is 1. The molecule has 0 fully saturated rings. The number of hydrogen-bond donors (Lipinski definition) is 0. The number of carbonyl (C=O) groups is 1. The normalized spacial score (nSPS) is 10.2. The van der Waals surface area contributed by atoms with Gasteiger partial charge in [0.25, 0.3) is 0 Å². The minimum atomic E-state index is -1.17. The zero-order valence-corrected chi connectivity index (χ0v) is 9.48. The zero-order valence-electron chi connectivity index (χ0n) is 9.48. The van der Waals surface area contributed by atoms with Crippen LogP contribution < -0.4 is 4.74 Å². The van der Waals surface area contributed by atoms with Gasteiger partial charge in [0.05, 0.1) is 12.7 Å². The molecule has 1 aromatic carbocycles. The van der Waals surface area contributed by atoms with Crippen LogP contribution in [0.15, 0.2) is 36.4 Å². The first-order valence-corrected chi connectivity index (χ1v) is 5.13. The summed E-state index contributed by atoms with van der Waals surface area (Å²) in [6.07, 6.45) is 0. The summed E-state index contributed by atoms with van der Waals surface area (Å²) in [5, 5.41) is 0. The van der Waals surface area contributed by atoms with Gasteiger partial charge in [-0.25, -0.2) is 13.8 Å². The van der Waals surface area contributed by atoms with Crippen molar-refractivity contribution in [2.75, 3.05) is 7.11 Å². The fraction of sp³-hybridized carbons (Fsp3) is 0.0769. The fourth-order valence-corrected chi connectivity index (χ4v) is 1.47. The van der Waals surface area contributed by atoms with Crippen molar-refractivity contribution in [2.45, 2.75) is 0 Å². The van der Waals surface area contributed by atoms with Crippen LogP contribution in [0.4, 0.5) is 8.78 Å². The van der Waals surface area contributed by atoms with Crippen LogP contribution in [0.5, 0.6) is 5.88 Å². The van der Waals surface area contributed by atoms with Gasteiger partial charge in [-0.3, -0.25) is 4.79 Å². The van der Waals surface area contributed by atoms with E-state index in [1.807, 2.05) is 0 Å². The highest BCUT2D eigenvalue weighted by atomic mass is 19.2. The highest BCUT2D eigenvalue weighted by Crippen LogP contribution is 2.16. The van der Waals surface area contributed by atoms with Gasteiger partial charge in [0.2, 0.25) is 11.7 Å². The van der Waals surface area contributed by atoms with Gasteiger partial charge in [-0.1, -0.05) is 12.1 Å². The Hall–Kier alpha value is -2.30. The summed E-state index contributed by atoms with van der Waals surface area (Å²) in [4.78, 5) is 15.8. The molecule has 18 heavy (non-hydrogen) atoms. The predicted molar refractivity (Wildman–Crippen MR) is 60.6 cm³/mol. The second kappa shape index (κ2) is 4.91. The van der Waals surface area contributed by atoms with Crippen LogP contribution in [-0.2, 0) is 0 Å². The molecule has 0 N–H and O–H groups in total. The standard InChI is InChI=1S/C13H9F2NO2/c1-18-11-7-3-6-10(16-11)13(17)8-4-2-5-9(14)12(8)15/h2-7H,1H3. The lowest BCUT2D eigenvalue weighted by atomic mass is 10.1. The van der Waals surface area contributed by atoms with Gasteiger partial charge in [0.1, 0.15) is 5.69 Å². The summed E-state index contributed by atoms with van der Waals surface area (Å²) in [6.45, 7) is 0. The fourth-order valence-electron chi connectivity index (χ4n) is 1.47. The highest BCUT2D eigenvalue weighted by Gasteiger charge is 2.18. The second-order valence-corrected chi connectivity index (χ2v) is 3.50. The van der Waals surface area contributed by atoms with Gasteiger partial charge in [-0.15, -0.1) is 0 Å². The topological polar surface area (TPSA) is 39.2 Å². The van der Waals surface area contributed by atoms with E-state index in [0.717, 1.165) is 6.07 Å². The van der Waals surface area contributed by atoms with E-state index in [1.165, 1.54) is 25.3 Å².